The van der Waals surface area contributed by atoms with Crippen molar-refractivity contribution in [2.45, 2.75) is 13.1 Å². The van der Waals surface area contributed by atoms with Crippen LogP contribution in [-0.2, 0) is 0 Å². The van der Waals surface area contributed by atoms with Crippen LogP contribution in [-0.4, -0.2) is 11.2 Å². The van der Waals surface area contributed by atoms with E-state index in [1.807, 2.05) is 36.4 Å². The Morgan fingerprint density at radius 3 is 2.41 bits per heavy atom. The Morgan fingerprint density at radius 2 is 1.78 bits per heavy atom. The van der Waals surface area contributed by atoms with Crippen LogP contribution in [0.5, 0.6) is 0 Å². The van der Waals surface area contributed by atoms with Crippen LogP contribution in [0.4, 0.5) is 11.4 Å². The number of anilines is 1. The predicted octanol–water partition coefficient (Wildman–Crippen LogP) is 4.45. The fourth-order valence-electron chi connectivity index (χ4n) is 2.91. The first kappa shape index (κ1) is 18.3. The number of non-ortho nitro benzene ring substituents is 1. The fraction of sp³-hybridized carbons (Fsp3) is 0.0952. The van der Waals surface area contributed by atoms with Crippen LogP contribution in [0.1, 0.15) is 27.7 Å². The fourth-order valence-corrected chi connectivity index (χ4v) is 2.91. The maximum absolute atomic E-state index is 11.3. The minimum absolute atomic E-state index is 0.140. The maximum Gasteiger partial charge on any atom is 0.270 e. The predicted molar refractivity (Wildman–Crippen MR) is 106 cm³/mol. The first-order valence-electron chi connectivity index (χ1n) is 8.41. The number of carbonyl (C=O) groups excluding carboxylic acids is 1. The quantitative estimate of drug-likeness (QED) is 0.292. The Kier molecular flexibility index (Phi) is 5.28. The van der Waals surface area contributed by atoms with E-state index in [0.29, 0.717) is 12.0 Å². The number of aldehydes is 1. The second-order valence-corrected chi connectivity index (χ2v) is 6.21. The molecule has 0 aliphatic rings. The molecule has 3 aromatic rings. The number of benzene rings is 3. The molecule has 136 valence electrons. The number of nitrogens with two attached hydrogens (primary N) is 1. The highest BCUT2D eigenvalue weighted by Gasteiger charge is 2.13. The zero-order chi connectivity index (χ0) is 19.4. The molecule has 0 amide bonds. The molecule has 0 saturated heterocycles. The van der Waals surface area contributed by atoms with Gasteiger partial charge in [0.2, 0.25) is 0 Å². The molecule has 0 bridgehead atoms. The summed E-state index contributed by atoms with van der Waals surface area (Å²) in [4.78, 5) is 21.6. The van der Waals surface area contributed by atoms with E-state index in [4.69, 9.17) is 5.73 Å². The number of nitro benzene ring substituents is 1. The zero-order valence-corrected chi connectivity index (χ0v) is 14.8. The third-order valence-electron chi connectivity index (χ3n) is 4.41. The summed E-state index contributed by atoms with van der Waals surface area (Å²) >= 11 is 0. The Labute approximate surface area is 156 Å². The average Bonchev–Trinajstić information content (AvgIpc) is 2.68. The molecule has 0 radical (unpaired) electrons. The minimum atomic E-state index is -0.559. The van der Waals surface area contributed by atoms with Gasteiger partial charge >= 0.3 is 0 Å². The number of hydrogen-bond donors (Lipinski definition) is 2. The van der Waals surface area contributed by atoms with Crippen molar-refractivity contribution in [2.75, 3.05) is 5.32 Å². The van der Waals surface area contributed by atoms with Gasteiger partial charge in [-0.25, -0.2) is 0 Å². The van der Waals surface area contributed by atoms with E-state index in [-0.39, 0.29) is 11.3 Å². The molecule has 1 atom stereocenters. The second kappa shape index (κ2) is 7.80. The lowest BCUT2D eigenvalue weighted by molar-refractivity contribution is -0.384. The first-order chi connectivity index (χ1) is 13.0. The van der Waals surface area contributed by atoms with Crippen molar-refractivity contribution in [3.63, 3.8) is 0 Å². The smallest absolute Gasteiger partial charge is 0.270 e. The topological polar surface area (TPSA) is 98.3 Å². The third-order valence-corrected chi connectivity index (χ3v) is 4.41. The summed E-state index contributed by atoms with van der Waals surface area (Å²) in [6.07, 6.45) is 0.0136. The molecule has 1 unspecified atom stereocenters. The van der Waals surface area contributed by atoms with Crippen molar-refractivity contribution in [1.29, 1.82) is 0 Å². The number of rotatable bonds is 6. The van der Waals surface area contributed by atoms with E-state index in [2.05, 4.69) is 24.4 Å². The normalized spacial score (nSPS) is 11.6. The lowest BCUT2D eigenvalue weighted by Crippen LogP contribution is -2.20. The van der Waals surface area contributed by atoms with Gasteiger partial charge in [-0.15, -0.1) is 0 Å². The zero-order valence-electron chi connectivity index (χ0n) is 14.8. The van der Waals surface area contributed by atoms with Gasteiger partial charge in [0.1, 0.15) is 6.17 Å². The Balaban J connectivity index is 1.81. The monoisotopic (exact) mass is 361 g/mol. The molecule has 3 aromatic carbocycles. The van der Waals surface area contributed by atoms with Crippen LogP contribution in [0.3, 0.4) is 0 Å². The molecular weight excluding hydrogens is 342 g/mol. The number of nitrogens with one attached hydrogen (secondary N) is 1. The average molecular weight is 361 g/mol. The van der Waals surface area contributed by atoms with Crippen molar-refractivity contribution in [2.24, 2.45) is 5.73 Å². The van der Waals surface area contributed by atoms with E-state index in [9.17, 15) is 14.9 Å². The van der Waals surface area contributed by atoms with Crippen molar-refractivity contribution < 1.29 is 9.72 Å². The van der Waals surface area contributed by atoms with Crippen LogP contribution in [0.15, 0.2) is 66.7 Å². The van der Waals surface area contributed by atoms with Gasteiger partial charge in [-0.1, -0.05) is 48.5 Å². The lowest BCUT2D eigenvalue weighted by Gasteiger charge is -2.17. The largest absolute Gasteiger partial charge is 0.366 e. The number of hydrogen-bond acceptors (Lipinski definition) is 5. The summed E-state index contributed by atoms with van der Waals surface area (Å²) in [5, 5.41) is 13.9. The summed E-state index contributed by atoms with van der Waals surface area (Å²) in [6.45, 7) is 2.06. The van der Waals surface area contributed by atoms with Gasteiger partial charge in [0.25, 0.3) is 5.69 Å². The Bertz CT molecular complexity index is 984. The first-order valence-corrected chi connectivity index (χ1v) is 8.41. The van der Waals surface area contributed by atoms with Gasteiger partial charge in [-0.05, 0) is 35.2 Å². The standard InChI is InChI=1S/C21H19N3O3/c1-14-4-2-3-5-19(14)15-6-8-16(9-7-15)21(22)23-20-11-10-18(24(26)27)12-17(20)13-25/h2-13,21,23H,22H2,1H3. The van der Waals surface area contributed by atoms with Crippen molar-refractivity contribution in [3.05, 3.63) is 93.5 Å². The van der Waals surface area contributed by atoms with Crippen LogP contribution in [0.25, 0.3) is 11.1 Å². The van der Waals surface area contributed by atoms with Gasteiger partial charge in [0.15, 0.2) is 6.29 Å². The molecule has 0 aromatic heterocycles. The maximum atomic E-state index is 11.3. The second-order valence-electron chi connectivity index (χ2n) is 6.21. The van der Waals surface area contributed by atoms with Crippen LogP contribution < -0.4 is 11.1 Å². The molecule has 0 aliphatic carbocycles. The van der Waals surface area contributed by atoms with Gasteiger partial charge in [0, 0.05) is 23.4 Å². The van der Waals surface area contributed by atoms with Gasteiger partial charge in [0.05, 0.1) is 4.92 Å². The van der Waals surface area contributed by atoms with E-state index in [1.54, 1.807) is 0 Å². The van der Waals surface area contributed by atoms with E-state index >= 15 is 0 Å². The molecule has 0 aliphatic heterocycles. The van der Waals surface area contributed by atoms with E-state index in [1.165, 1.54) is 23.8 Å². The summed E-state index contributed by atoms with van der Waals surface area (Å²) in [6, 6.07) is 20.0. The number of nitrogens with zero attached hydrogens (tertiary/aromatic N) is 1. The Morgan fingerprint density at radius 1 is 1.07 bits per heavy atom. The summed E-state index contributed by atoms with van der Waals surface area (Å²) in [7, 11) is 0. The summed E-state index contributed by atoms with van der Waals surface area (Å²) < 4.78 is 0. The Hall–Kier alpha value is -3.51. The number of nitro groups is 1. The van der Waals surface area contributed by atoms with E-state index in [0.717, 1.165) is 16.7 Å². The third kappa shape index (κ3) is 4.02. The molecule has 0 fully saturated rings. The molecule has 0 heterocycles. The molecule has 3 rings (SSSR count). The van der Waals surface area contributed by atoms with E-state index < -0.39 is 11.1 Å². The number of carbonyl (C=O) groups is 1. The number of aryl methyl sites for hydroxylation is 1. The molecule has 6 nitrogen and oxygen atoms in total. The van der Waals surface area contributed by atoms with Gasteiger partial charge in [-0.2, -0.15) is 0 Å². The highest BCUT2D eigenvalue weighted by molar-refractivity contribution is 5.85. The highest BCUT2D eigenvalue weighted by Crippen LogP contribution is 2.26. The molecule has 0 saturated carbocycles. The van der Waals surface area contributed by atoms with Crippen LogP contribution >= 0.6 is 0 Å². The molecular formula is C21H19N3O3. The minimum Gasteiger partial charge on any atom is -0.366 e. The SMILES string of the molecule is Cc1ccccc1-c1ccc(C(N)Nc2ccc([N+](=O)[O-])cc2C=O)cc1. The van der Waals surface area contributed by atoms with Gasteiger partial charge in [-0.3, -0.25) is 14.9 Å². The van der Waals surface area contributed by atoms with Crippen LogP contribution in [0, 0.1) is 17.0 Å². The van der Waals surface area contributed by atoms with Crippen LogP contribution in [0.2, 0.25) is 0 Å². The van der Waals surface area contributed by atoms with Crippen molar-refractivity contribution >= 4 is 17.7 Å². The van der Waals surface area contributed by atoms with Crippen molar-refractivity contribution in [3.8, 4) is 11.1 Å². The molecule has 3 N–H and O–H groups in total. The lowest BCUT2D eigenvalue weighted by atomic mass is 9.99. The van der Waals surface area contributed by atoms with Crippen molar-refractivity contribution in [1.82, 2.24) is 0 Å². The summed E-state index contributed by atoms with van der Waals surface area (Å²) in [5.74, 6) is 0. The highest BCUT2D eigenvalue weighted by atomic mass is 16.6. The summed E-state index contributed by atoms with van der Waals surface area (Å²) in [5.41, 5.74) is 11.0. The molecule has 27 heavy (non-hydrogen) atoms. The molecule has 0 spiro atoms. The molecule has 6 heteroatoms. The van der Waals surface area contributed by atoms with Gasteiger partial charge < -0.3 is 11.1 Å².